The number of alkyl halides is 1. The summed E-state index contributed by atoms with van der Waals surface area (Å²) in [6.45, 7) is 7.08. The van der Waals surface area contributed by atoms with Crippen molar-refractivity contribution in [1.82, 2.24) is 14.5 Å². The lowest BCUT2D eigenvalue weighted by molar-refractivity contribution is -0.130. The fourth-order valence-corrected chi connectivity index (χ4v) is 3.88. The highest BCUT2D eigenvalue weighted by atomic mass is 32.2. The van der Waals surface area contributed by atoms with Gasteiger partial charge in [0.1, 0.15) is 17.8 Å². The largest absolute Gasteiger partial charge is 0.387 e. The number of amides is 1. The summed E-state index contributed by atoms with van der Waals surface area (Å²) >= 11 is 1.41. The van der Waals surface area contributed by atoms with Gasteiger partial charge in [-0.2, -0.15) is 0 Å². The molecule has 6 nitrogen and oxygen atoms in total. The molecule has 140 valence electrons. The molecule has 3 unspecified atom stereocenters. The zero-order valence-electron chi connectivity index (χ0n) is 15.2. The van der Waals surface area contributed by atoms with E-state index in [4.69, 9.17) is 5.73 Å². The fourth-order valence-electron chi connectivity index (χ4n) is 3.26. The topological polar surface area (TPSA) is 76.5 Å². The highest BCUT2D eigenvalue weighted by molar-refractivity contribution is 7.98. The maximum atomic E-state index is 13.2. The van der Waals surface area contributed by atoms with Crippen LogP contribution in [0.1, 0.15) is 50.0 Å². The van der Waals surface area contributed by atoms with Gasteiger partial charge >= 0.3 is 0 Å². The van der Waals surface area contributed by atoms with Crippen LogP contribution in [0, 0.1) is 0 Å². The number of fused-ring (bicyclic) bond motifs is 1. The van der Waals surface area contributed by atoms with Crippen LogP contribution < -0.4 is 5.73 Å². The monoisotopic (exact) mass is 377 g/mol. The van der Waals surface area contributed by atoms with Crippen molar-refractivity contribution in [2.75, 3.05) is 6.54 Å². The molecule has 2 aliphatic rings. The summed E-state index contributed by atoms with van der Waals surface area (Å²) in [4.78, 5) is 19.2. The number of aromatic nitrogens is 2. The van der Waals surface area contributed by atoms with Crippen LogP contribution >= 0.6 is 11.9 Å². The van der Waals surface area contributed by atoms with Crippen LogP contribution in [-0.4, -0.2) is 38.9 Å². The van der Waals surface area contributed by atoms with Gasteiger partial charge in [-0.15, -0.1) is 0 Å². The number of nitrogens with two attached hydrogens (primary N) is 1. The molecule has 0 radical (unpaired) electrons. The van der Waals surface area contributed by atoms with E-state index >= 15 is 0 Å². The number of hydrogen-bond acceptors (Lipinski definition) is 4. The van der Waals surface area contributed by atoms with E-state index in [-0.39, 0.29) is 23.6 Å². The van der Waals surface area contributed by atoms with Crippen LogP contribution in [0.2, 0.25) is 0 Å². The predicted octanol–water partition coefficient (Wildman–Crippen LogP) is 3.10. The Morgan fingerprint density at radius 3 is 2.92 bits per heavy atom. The Bertz CT molecular complexity index is 781. The average molecular weight is 377 g/mol. The Morgan fingerprint density at radius 2 is 2.27 bits per heavy atom. The van der Waals surface area contributed by atoms with Crippen molar-refractivity contribution in [3.8, 4) is 0 Å². The lowest BCUT2D eigenvalue weighted by Gasteiger charge is -2.35. The quantitative estimate of drug-likeness (QED) is 0.497. The summed E-state index contributed by atoms with van der Waals surface area (Å²) in [5.41, 5.74) is 7.25. The number of carbonyl (C=O) groups excluding carboxylic acids is 1. The summed E-state index contributed by atoms with van der Waals surface area (Å²) in [5, 5.41) is 0.120. The SMILES string of the molecule is CC(N)=NSC(C)c1cnc2n1CCN(C(=O)C1=CCC(F)C=C1)C2C. The molecule has 0 saturated heterocycles. The van der Waals surface area contributed by atoms with Gasteiger partial charge in [-0.3, -0.25) is 4.79 Å². The van der Waals surface area contributed by atoms with Gasteiger partial charge in [0, 0.05) is 31.3 Å². The lowest BCUT2D eigenvalue weighted by atomic mass is 10.0. The summed E-state index contributed by atoms with van der Waals surface area (Å²) in [7, 11) is 0. The van der Waals surface area contributed by atoms with Crippen LogP contribution in [-0.2, 0) is 11.3 Å². The molecule has 1 aliphatic carbocycles. The molecule has 2 heterocycles. The van der Waals surface area contributed by atoms with Crippen LogP contribution in [0.25, 0.3) is 0 Å². The van der Waals surface area contributed by atoms with Crippen molar-refractivity contribution in [3.05, 3.63) is 41.5 Å². The van der Waals surface area contributed by atoms with Crippen molar-refractivity contribution in [2.24, 2.45) is 10.1 Å². The Hall–Kier alpha value is -2.09. The van der Waals surface area contributed by atoms with Crippen molar-refractivity contribution in [1.29, 1.82) is 0 Å². The van der Waals surface area contributed by atoms with Crippen LogP contribution in [0.4, 0.5) is 4.39 Å². The standard InChI is InChI=1S/C18H24FN5OS/c1-11-17-21-10-16(12(2)26-22-13(3)20)24(17)9-8-23(11)18(25)14-4-6-15(19)7-5-14/h4-6,10-12,15H,7-9H2,1-3H3,(H2,20,22). The van der Waals surface area contributed by atoms with E-state index in [0.717, 1.165) is 11.5 Å². The van der Waals surface area contributed by atoms with Gasteiger partial charge in [0.25, 0.3) is 5.91 Å². The average Bonchev–Trinajstić information content (AvgIpc) is 3.05. The summed E-state index contributed by atoms with van der Waals surface area (Å²) in [6, 6.07) is -0.139. The Kier molecular flexibility index (Phi) is 5.50. The van der Waals surface area contributed by atoms with Crippen molar-refractivity contribution in [2.45, 2.75) is 51.2 Å². The minimum Gasteiger partial charge on any atom is -0.387 e. The van der Waals surface area contributed by atoms with E-state index in [1.807, 2.05) is 13.1 Å². The molecule has 1 aromatic rings. The van der Waals surface area contributed by atoms with E-state index < -0.39 is 6.17 Å². The first-order chi connectivity index (χ1) is 12.4. The maximum Gasteiger partial charge on any atom is 0.254 e. The normalized spacial score (nSPS) is 24.2. The maximum absolute atomic E-state index is 13.2. The zero-order chi connectivity index (χ0) is 18.8. The third kappa shape index (κ3) is 3.70. The van der Waals surface area contributed by atoms with Gasteiger partial charge in [0.15, 0.2) is 0 Å². The first kappa shape index (κ1) is 18.7. The fraction of sp³-hybridized carbons (Fsp3) is 0.500. The molecule has 0 bridgehead atoms. The van der Waals surface area contributed by atoms with E-state index in [1.54, 1.807) is 24.0 Å². The van der Waals surface area contributed by atoms with Crippen LogP contribution in [0.3, 0.4) is 0 Å². The van der Waals surface area contributed by atoms with Crippen molar-refractivity contribution >= 4 is 23.7 Å². The van der Waals surface area contributed by atoms with Gasteiger partial charge < -0.3 is 15.2 Å². The van der Waals surface area contributed by atoms with Gasteiger partial charge in [-0.1, -0.05) is 12.2 Å². The first-order valence-corrected chi connectivity index (χ1v) is 9.56. The number of carbonyl (C=O) groups is 1. The molecule has 0 saturated carbocycles. The Labute approximate surface area is 157 Å². The number of hydrogen-bond donors (Lipinski definition) is 1. The highest BCUT2D eigenvalue weighted by Crippen LogP contribution is 2.34. The minimum absolute atomic E-state index is 0.0674. The molecule has 26 heavy (non-hydrogen) atoms. The van der Waals surface area contributed by atoms with Gasteiger partial charge in [0.05, 0.1) is 17.0 Å². The Balaban J connectivity index is 1.77. The summed E-state index contributed by atoms with van der Waals surface area (Å²) in [6.07, 6.45) is 5.82. The molecule has 8 heteroatoms. The number of allylic oxidation sites excluding steroid dienone is 2. The molecule has 2 N–H and O–H groups in total. The third-order valence-electron chi connectivity index (χ3n) is 4.65. The molecule has 3 atom stereocenters. The lowest BCUT2D eigenvalue weighted by Crippen LogP contribution is -2.42. The molecular formula is C18H24FN5OS. The van der Waals surface area contributed by atoms with Crippen LogP contribution in [0.15, 0.2) is 34.4 Å². The summed E-state index contributed by atoms with van der Waals surface area (Å²) in [5.74, 6) is 1.33. The van der Waals surface area contributed by atoms with E-state index in [1.165, 1.54) is 18.0 Å². The van der Waals surface area contributed by atoms with E-state index in [0.29, 0.717) is 24.5 Å². The van der Waals surface area contributed by atoms with Gasteiger partial charge in [0.2, 0.25) is 0 Å². The molecular weight excluding hydrogens is 353 g/mol. The minimum atomic E-state index is -0.995. The van der Waals surface area contributed by atoms with E-state index in [9.17, 15) is 9.18 Å². The second-order valence-corrected chi connectivity index (χ2v) is 7.72. The van der Waals surface area contributed by atoms with Crippen molar-refractivity contribution < 1.29 is 9.18 Å². The molecule has 1 aliphatic heterocycles. The second-order valence-electron chi connectivity index (χ2n) is 6.62. The smallest absolute Gasteiger partial charge is 0.254 e. The molecule has 1 aromatic heterocycles. The number of amidine groups is 1. The van der Waals surface area contributed by atoms with E-state index in [2.05, 4.69) is 20.9 Å². The first-order valence-electron chi connectivity index (χ1n) is 8.73. The number of nitrogens with zero attached hydrogens (tertiary/aromatic N) is 4. The summed E-state index contributed by atoms with van der Waals surface area (Å²) < 4.78 is 19.6. The van der Waals surface area contributed by atoms with Crippen molar-refractivity contribution in [3.63, 3.8) is 0 Å². The number of halogens is 1. The third-order valence-corrected chi connectivity index (χ3v) is 5.60. The molecule has 1 amide bonds. The Morgan fingerprint density at radius 1 is 1.50 bits per heavy atom. The second kappa shape index (κ2) is 7.65. The zero-order valence-corrected chi connectivity index (χ0v) is 16.0. The molecule has 0 spiro atoms. The predicted molar refractivity (Wildman–Crippen MR) is 102 cm³/mol. The molecule has 0 fully saturated rings. The van der Waals surface area contributed by atoms with Gasteiger partial charge in [-0.25, -0.2) is 13.8 Å². The number of rotatable bonds is 4. The number of imidazole rings is 1. The molecule has 0 aromatic carbocycles. The van der Waals surface area contributed by atoms with Crippen LogP contribution in [0.5, 0.6) is 0 Å². The van der Waals surface area contributed by atoms with Gasteiger partial charge in [-0.05, 0) is 38.8 Å². The molecule has 3 rings (SSSR count). The highest BCUT2D eigenvalue weighted by Gasteiger charge is 2.32.